The Morgan fingerprint density at radius 3 is 1.92 bits per heavy atom. The lowest BCUT2D eigenvalue weighted by Crippen LogP contribution is -2.21. The van der Waals surface area contributed by atoms with Gasteiger partial charge in [-0.05, 0) is 47.9 Å². The number of ether oxygens (including phenoxy) is 2. The van der Waals surface area contributed by atoms with Crippen LogP contribution in [0.15, 0.2) is 42.0 Å². The van der Waals surface area contributed by atoms with E-state index in [-0.39, 0.29) is 34.6 Å². The Kier molecular flexibility index (Phi) is 12.8. The number of aromatic hydroxyl groups is 2. The smallest absolute Gasteiger partial charge is 0.332 e. The van der Waals surface area contributed by atoms with E-state index in [0.717, 1.165) is 6.08 Å². The summed E-state index contributed by atoms with van der Waals surface area (Å²) < 4.78 is 10.2. The quantitative estimate of drug-likeness (QED) is 0.120. The average Bonchev–Trinajstić information content (AvgIpc) is 2.86. The first-order valence-corrected chi connectivity index (χ1v) is 11.1. The molecule has 0 amide bonds. The van der Waals surface area contributed by atoms with Gasteiger partial charge in [-0.3, -0.25) is 19.2 Å². The van der Waals surface area contributed by atoms with E-state index in [1.165, 1.54) is 50.6 Å². The molecule has 39 heavy (non-hydrogen) atoms. The molecule has 13 heteroatoms. The summed E-state index contributed by atoms with van der Waals surface area (Å²) in [5.74, 6) is -6.25. The second kappa shape index (κ2) is 15.5. The molecule has 0 saturated carbocycles. The fraction of sp³-hybridized carbons (Fsp3) is 0.269. The number of aliphatic carboxylic acids is 4. The summed E-state index contributed by atoms with van der Waals surface area (Å²) >= 11 is 0. The molecular weight excluding hydrogens is 520 g/mol. The van der Waals surface area contributed by atoms with Gasteiger partial charge >= 0.3 is 23.9 Å². The van der Waals surface area contributed by atoms with Crippen molar-refractivity contribution in [2.75, 3.05) is 14.2 Å². The van der Waals surface area contributed by atoms with Crippen LogP contribution in [0.25, 0.3) is 6.08 Å². The molecule has 2 aromatic rings. The summed E-state index contributed by atoms with van der Waals surface area (Å²) in [7, 11) is 2.82. The van der Waals surface area contributed by atoms with E-state index in [1.54, 1.807) is 0 Å². The Labute approximate surface area is 222 Å². The summed E-state index contributed by atoms with van der Waals surface area (Å²) in [6.07, 6.45) is -0.368. The fourth-order valence-electron chi connectivity index (χ4n) is 3.40. The van der Waals surface area contributed by atoms with Crippen LogP contribution in [0, 0.1) is 5.92 Å². The Morgan fingerprint density at radius 1 is 0.846 bits per heavy atom. The normalized spacial score (nSPS) is 11.7. The summed E-state index contributed by atoms with van der Waals surface area (Å²) in [6.45, 7) is 0. The highest BCUT2D eigenvalue weighted by molar-refractivity contribution is 5.98. The maximum atomic E-state index is 11.2. The van der Waals surface area contributed by atoms with E-state index in [1.807, 2.05) is 0 Å². The lowest BCUT2D eigenvalue weighted by atomic mass is 9.93. The van der Waals surface area contributed by atoms with E-state index in [9.17, 15) is 29.1 Å². The standard InChI is InChI=1S/C14H18O7.C12H10O6/c1-20-14(21-2)11-7-10(15)4-3-8(11)5-9(13(18)19)6-12(16)17;13-6-9-4-10(14)2-1-7(9)3-8(12(17)18)5-11(15)16/h3-4,7,9,14-15H,5-6H2,1-2H3,(H,16,17)(H,18,19);1-4,6,14H,5H2,(H,15,16)(H,17,18)/b;8-3-/t9-;/m0./s1. The van der Waals surface area contributed by atoms with Crippen LogP contribution < -0.4 is 0 Å². The predicted octanol–water partition coefficient (Wildman–Crippen LogP) is 2.55. The maximum absolute atomic E-state index is 11.2. The predicted molar refractivity (Wildman–Crippen MR) is 133 cm³/mol. The first-order valence-electron chi connectivity index (χ1n) is 11.1. The Morgan fingerprint density at radius 2 is 1.44 bits per heavy atom. The van der Waals surface area contributed by atoms with Gasteiger partial charge in [0.2, 0.25) is 0 Å². The number of carbonyl (C=O) groups is 5. The SMILES string of the molecule is COC(OC)c1cc(O)ccc1C[C@@H](CC(=O)O)C(=O)O.O=Cc1cc(O)ccc1/C=C(/CC(=O)O)C(=O)O. The summed E-state index contributed by atoms with van der Waals surface area (Å²) in [4.78, 5) is 54.0. The molecule has 0 aliphatic carbocycles. The van der Waals surface area contributed by atoms with E-state index in [2.05, 4.69) is 0 Å². The van der Waals surface area contributed by atoms with Gasteiger partial charge < -0.3 is 40.1 Å². The number of carbonyl (C=O) groups excluding carboxylic acids is 1. The molecule has 0 aromatic heterocycles. The Hall–Kier alpha value is -4.75. The third-order valence-electron chi connectivity index (χ3n) is 5.19. The molecular formula is C26H28O13. The zero-order valence-electron chi connectivity index (χ0n) is 20.9. The molecule has 0 spiro atoms. The largest absolute Gasteiger partial charge is 0.508 e. The van der Waals surface area contributed by atoms with Crippen LogP contribution in [0.2, 0.25) is 0 Å². The van der Waals surface area contributed by atoms with Gasteiger partial charge in [-0.1, -0.05) is 12.1 Å². The topological polar surface area (TPSA) is 225 Å². The fourth-order valence-corrected chi connectivity index (χ4v) is 3.40. The maximum Gasteiger partial charge on any atom is 0.332 e. The highest BCUT2D eigenvalue weighted by Crippen LogP contribution is 2.28. The molecule has 210 valence electrons. The Balaban J connectivity index is 0.000000395. The minimum Gasteiger partial charge on any atom is -0.508 e. The van der Waals surface area contributed by atoms with Crippen molar-refractivity contribution in [3.63, 3.8) is 0 Å². The molecule has 0 radical (unpaired) electrons. The third-order valence-corrected chi connectivity index (χ3v) is 5.19. The van der Waals surface area contributed by atoms with E-state index >= 15 is 0 Å². The highest BCUT2D eigenvalue weighted by Gasteiger charge is 2.24. The van der Waals surface area contributed by atoms with Gasteiger partial charge in [0.05, 0.1) is 18.8 Å². The van der Waals surface area contributed by atoms with Gasteiger partial charge in [-0.15, -0.1) is 0 Å². The zero-order chi connectivity index (χ0) is 29.7. The van der Waals surface area contributed by atoms with Crippen LogP contribution >= 0.6 is 0 Å². The van der Waals surface area contributed by atoms with Gasteiger partial charge in [0.1, 0.15) is 11.5 Å². The number of rotatable bonds is 13. The van der Waals surface area contributed by atoms with E-state index in [0.29, 0.717) is 17.4 Å². The van der Waals surface area contributed by atoms with Gasteiger partial charge in [0, 0.05) is 30.9 Å². The molecule has 0 unspecified atom stereocenters. The van der Waals surface area contributed by atoms with Gasteiger partial charge in [-0.2, -0.15) is 0 Å². The number of methoxy groups -OCH3 is 2. The van der Waals surface area contributed by atoms with E-state index in [4.69, 9.17) is 35.0 Å². The van der Waals surface area contributed by atoms with Crippen LogP contribution in [-0.2, 0) is 35.1 Å². The molecule has 0 bridgehead atoms. The van der Waals surface area contributed by atoms with Gasteiger partial charge in [-0.25, -0.2) is 4.79 Å². The second-order valence-electron chi connectivity index (χ2n) is 8.00. The molecule has 1 atom stereocenters. The molecule has 0 fully saturated rings. The van der Waals surface area contributed by atoms with E-state index < -0.39 is 48.9 Å². The summed E-state index contributed by atoms with van der Waals surface area (Å²) in [6, 6.07) is 8.13. The Bertz CT molecular complexity index is 1230. The molecule has 2 aromatic carbocycles. The zero-order valence-corrected chi connectivity index (χ0v) is 20.9. The molecule has 0 heterocycles. The average molecular weight is 548 g/mol. The number of aldehydes is 1. The summed E-state index contributed by atoms with van der Waals surface area (Å²) in [5.41, 5.74) is 0.990. The molecule has 0 aliphatic heterocycles. The van der Waals surface area contributed by atoms with Crippen molar-refractivity contribution in [1.82, 2.24) is 0 Å². The number of phenols is 2. The van der Waals surface area contributed by atoms with Crippen molar-refractivity contribution in [2.24, 2.45) is 5.92 Å². The van der Waals surface area contributed by atoms with Crippen LogP contribution in [0.1, 0.15) is 46.2 Å². The second-order valence-corrected chi connectivity index (χ2v) is 8.00. The van der Waals surface area contributed by atoms with Crippen molar-refractivity contribution in [1.29, 1.82) is 0 Å². The summed E-state index contributed by atoms with van der Waals surface area (Å²) in [5, 5.41) is 54.0. The van der Waals surface area contributed by atoms with Gasteiger partial charge in [0.15, 0.2) is 12.6 Å². The minimum atomic E-state index is -1.37. The highest BCUT2D eigenvalue weighted by atomic mass is 16.7. The van der Waals surface area contributed by atoms with Crippen molar-refractivity contribution >= 4 is 36.2 Å². The molecule has 6 N–H and O–H groups in total. The number of phenolic OH excluding ortho intramolecular Hbond substituents is 2. The molecule has 13 nitrogen and oxygen atoms in total. The number of carboxylic acid groups (broad SMARTS) is 4. The molecule has 0 aliphatic rings. The van der Waals surface area contributed by atoms with Gasteiger partial charge in [0.25, 0.3) is 0 Å². The number of hydrogen-bond donors (Lipinski definition) is 6. The number of benzene rings is 2. The molecule has 2 rings (SSSR count). The van der Waals surface area contributed by atoms with Crippen molar-refractivity contribution in [3.8, 4) is 11.5 Å². The number of hydrogen-bond acceptors (Lipinski definition) is 9. The van der Waals surface area contributed by atoms with Crippen molar-refractivity contribution in [2.45, 2.75) is 25.6 Å². The lowest BCUT2D eigenvalue weighted by molar-refractivity contribution is -0.148. The van der Waals surface area contributed by atoms with Crippen LogP contribution in [-0.4, -0.2) is 75.0 Å². The molecule has 0 saturated heterocycles. The third kappa shape index (κ3) is 10.6. The van der Waals surface area contributed by atoms with Crippen LogP contribution in [0.5, 0.6) is 11.5 Å². The lowest BCUT2D eigenvalue weighted by Gasteiger charge is -2.19. The van der Waals surface area contributed by atoms with Crippen molar-refractivity contribution < 1.29 is 64.1 Å². The van der Waals surface area contributed by atoms with Crippen LogP contribution in [0.3, 0.4) is 0 Å². The number of carboxylic acids is 4. The first-order chi connectivity index (χ1) is 18.3. The monoisotopic (exact) mass is 548 g/mol. The first kappa shape index (κ1) is 32.3. The van der Waals surface area contributed by atoms with Crippen molar-refractivity contribution in [3.05, 3.63) is 64.2 Å². The minimum absolute atomic E-state index is 0.000463. The van der Waals surface area contributed by atoms with Crippen LogP contribution in [0.4, 0.5) is 0 Å².